The maximum Gasteiger partial charge on any atom is 0.101 e. The molecule has 1 heterocycles. The molecule has 1 saturated heterocycles. The fourth-order valence-corrected chi connectivity index (χ4v) is 2.58. The highest BCUT2D eigenvalue weighted by molar-refractivity contribution is 5.64. The van der Waals surface area contributed by atoms with Gasteiger partial charge in [0.1, 0.15) is 6.07 Å². The first kappa shape index (κ1) is 12.8. The molecule has 96 valence electrons. The van der Waals surface area contributed by atoms with Crippen molar-refractivity contribution in [3.8, 4) is 6.07 Å². The normalized spacial score (nSPS) is 19.1. The molecule has 2 N–H and O–H groups in total. The summed E-state index contributed by atoms with van der Waals surface area (Å²) in [7, 11) is 0. The minimum Gasteiger partial charge on any atom is -0.399 e. The third kappa shape index (κ3) is 2.76. The third-order valence-electron chi connectivity index (χ3n) is 3.82. The highest BCUT2D eigenvalue weighted by Gasteiger charge is 2.24. The van der Waals surface area contributed by atoms with Crippen LogP contribution < -0.4 is 10.6 Å². The van der Waals surface area contributed by atoms with E-state index in [0.717, 1.165) is 18.8 Å². The highest BCUT2D eigenvalue weighted by Crippen LogP contribution is 2.33. The molecule has 0 bridgehead atoms. The van der Waals surface area contributed by atoms with E-state index in [1.807, 2.05) is 12.1 Å². The Labute approximate surface area is 109 Å². The van der Waals surface area contributed by atoms with Gasteiger partial charge in [-0.1, -0.05) is 13.8 Å². The molecule has 0 saturated carbocycles. The van der Waals surface area contributed by atoms with Gasteiger partial charge < -0.3 is 10.6 Å². The fraction of sp³-hybridized carbons (Fsp3) is 0.533. The van der Waals surface area contributed by atoms with Gasteiger partial charge in [-0.15, -0.1) is 0 Å². The van der Waals surface area contributed by atoms with Crippen LogP contribution in [0.4, 0.5) is 11.4 Å². The second-order valence-corrected chi connectivity index (χ2v) is 5.89. The quantitative estimate of drug-likeness (QED) is 0.771. The topological polar surface area (TPSA) is 53.0 Å². The number of nitrogens with zero attached hydrogens (tertiary/aromatic N) is 2. The molecule has 2 rings (SSSR count). The molecule has 1 aliphatic heterocycles. The lowest BCUT2D eigenvalue weighted by Gasteiger charge is -2.25. The van der Waals surface area contributed by atoms with Gasteiger partial charge in [-0.2, -0.15) is 5.26 Å². The summed E-state index contributed by atoms with van der Waals surface area (Å²) < 4.78 is 0. The highest BCUT2D eigenvalue weighted by atomic mass is 15.1. The molecule has 1 aromatic rings. The zero-order chi connectivity index (χ0) is 13.2. The molecule has 0 radical (unpaired) electrons. The maximum absolute atomic E-state index is 9.21. The van der Waals surface area contributed by atoms with Crippen LogP contribution in [0.5, 0.6) is 0 Å². The van der Waals surface area contributed by atoms with Gasteiger partial charge in [-0.05, 0) is 42.9 Å². The number of hydrogen-bond acceptors (Lipinski definition) is 3. The number of nitrogen functional groups attached to an aromatic ring is 1. The van der Waals surface area contributed by atoms with E-state index in [0.29, 0.717) is 16.7 Å². The summed E-state index contributed by atoms with van der Waals surface area (Å²) in [5, 5.41) is 9.21. The van der Waals surface area contributed by atoms with Crippen LogP contribution in [-0.2, 0) is 0 Å². The van der Waals surface area contributed by atoms with Crippen molar-refractivity contribution in [3.05, 3.63) is 23.8 Å². The second kappa shape index (κ2) is 4.89. The number of anilines is 2. The minimum absolute atomic E-state index is 0.412. The van der Waals surface area contributed by atoms with Crippen LogP contribution in [0.3, 0.4) is 0 Å². The Morgan fingerprint density at radius 2 is 2.06 bits per heavy atom. The number of benzene rings is 1. The number of nitriles is 1. The lowest BCUT2D eigenvalue weighted by Crippen LogP contribution is -2.25. The molecular formula is C15H21N3. The van der Waals surface area contributed by atoms with E-state index in [4.69, 9.17) is 5.73 Å². The first-order valence-corrected chi connectivity index (χ1v) is 6.56. The fourth-order valence-electron chi connectivity index (χ4n) is 2.58. The first-order valence-electron chi connectivity index (χ1n) is 6.56. The molecule has 0 unspecified atom stereocenters. The van der Waals surface area contributed by atoms with E-state index >= 15 is 0 Å². The van der Waals surface area contributed by atoms with Gasteiger partial charge in [0, 0.05) is 18.8 Å². The Bertz CT molecular complexity index is 471. The van der Waals surface area contributed by atoms with Gasteiger partial charge in [-0.3, -0.25) is 0 Å². The number of nitrogens with two attached hydrogens (primary N) is 1. The molecule has 18 heavy (non-hydrogen) atoms. The predicted octanol–water partition coefficient (Wildman–Crippen LogP) is 3.16. The Kier molecular flexibility index (Phi) is 3.47. The van der Waals surface area contributed by atoms with Crippen molar-refractivity contribution in [1.29, 1.82) is 5.26 Å². The van der Waals surface area contributed by atoms with Gasteiger partial charge in [0.05, 0.1) is 11.3 Å². The van der Waals surface area contributed by atoms with Gasteiger partial charge in [0.2, 0.25) is 0 Å². The van der Waals surface area contributed by atoms with E-state index < -0.39 is 0 Å². The van der Waals surface area contributed by atoms with Crippen LogP contribution in [0.1, 0.15) is 38.7 Å². The van der Waals surface area contributed by atoms with Crippen molar-refractivity contribution in [1.82, 2.24) is 0 Å². The molecule has 0 aliphatic carbocycles. The molecule has 3 nitrogen and oxygen atoms in total. The van der Waals surface area contributed by atoms with E-state index in [1.54, 1.807) is 6.07 Å². The van der Waals surface area contributed by atoms with E-state index in [1.165, 1.54) is 19.3 Å². The molecule has 0 aromatic heterocycles. The molecule has 0 atom stereocenters. The second-order valence-electron chi connectivity index (χ2n) is 5.89. The van der Waals surface area contributed by atoms with Crippen molar-refractivity contribution in [2.45, 2.75) is 33.1 Å². The van der Waals surface area contributed by atoms with Gasteiger partial charge >= 0.3 is 0 Å². The Balaban J connectivity index is 2.24. The molecule has 1 fully saturated rings. The van der Waals surface area contributed by atoms with Crippen LogP contribution in [-0.4, -0.2) is 13.1 Å². The third-order valence-corrected chi connectivity index (χ3v) is 3.82. The van der Waals surface area contributed by atoms with Gasteiger partial charge in [0.15, 0.2) is 0 Å². The maximum atomic E-state index is 9.21. The molecule has 1 aromatic carbocycles. The Hall–Kier alpha value is -1.69. The molecule has 0 amide bonds. The lowest BCUT2D eigenvalue weighted by atomic mass is 9.85. The molecule has 3 heteroatoms. The molecule has 1 aliphatic rings. The summed E-state index contributed by atoms with van der Waals surface area (Å²) in [4.78, 5) is 2.33. The SMILES string of the molecule is CC1(C)CCCN(c2ccc(N)cc2C#N)CC1. The first-order chi connectivity index (χ1) is 8.52. The zero-order valence-corrected chi connectivity index (χ0v) is 11.2. The standard InChI is InChI=1S/C15H21N3/c1-15(2)6-3-8-18(9-7-15)14-5-4-13(17)10-12(14)11-16/h4-5,10H,3,6-9,17H2,1-2H3. The lowest BCUT2D eigenvalue weighted by molar-refractivity contribution is 0.325. The smallest absolute Gasteiger partial charge is 0.101 e. The predicted molar refractivity (Wildman–Crippen MR) is 75.4 cm³/mol. The summed E-state index contributed by atoms with van der Waals surface area (Å²) >= 11 is 0. The van der Waals surface area contributed by atoms with Crippen molar-refractivity contribution in [2.75, 3.05) is 23.7 Å². The van der Waals surface area contributed by atoms with Gasteiger partial charge in [-0.25, -0.2) is 0 Å². The number of rotatable bonds is 1. The number of hydrogen-bond donors (Lipinski definition) is 1. The average molecular weight is 243 g/mol. The zero-order valence-electron chi connectivity index (χ0n) is 11.2. The average Bonchev–Trinajstić information content (AvgIpc) is 2.50. The van der Waals surface area contributed by atoms with Crippen LogP contribution >= 0.6 is 0 Å². The largest absolute Gasteiger partial charge is 0.399 e. The monoisotopic (exact) mass is 243 g/mol. The van der Waals surface area contributed by atoms with Crippen molar-refractivity contribution < 1.29 is 0 Å². The van der Waals surface area contributed by atoms with Crippen LogP contribution in [0.2, 0.25) is 0 Å². The van der Waals surface area contributed by atoms with Crippen LogP contribution in [0.25, 0.3) is 0 Å². The van der Waals surface area contributed by atoms with Gasteiger partial charge in [0.25, 0.3) is 0 Å². The summed E-state index contributed by atoms with van der Waals surface area (Å²) in [5.74, 6) is 0. The van der Waals surface area contributed by atoms with Crippen molar-refractivity contribution in [2.24, 2.45) is 5.41 Å². The summed E-state index contributed by atoms with van der Waals surface area (Å²) in [6, 6.07) is 7.88. The van der Waals surface area contributed by atoms with Crippen molar-refractivity contribution in [3.63, 3.8) is 0 Å². The van der Waals surface area contributed by atoms with E-state index in [2.05, 4.69) is 24.8 Å². The minimum atomic E-state index is 0.412. The van der Waals surface area contributed by atoms with E-state index in [9.17, 15) is 5.26 Å². The molecular weight excluding hydrogens is 222 g/mol. The van der Waals surface area contributed by atoms with Crippen LogP contribution in [0.15, 0.2) is 18.2 Å². The Morgan fingerprint density at radius 1 is 1.28 bits per heavy atom. The summed E-state index contributed by atoms with van der Waals surface area (Å²) in [6.45, 7) is 6.70. The Morgan fingerprint density at radius 3 is 2.78 bits per heavy atom. The van der Waals surface area contributed by atoms with Crippen LogP contribution in [0, 0.1) is 16.7 Å². The van der Waals surface area contributed by atoms with E-state index in [-0.39, 0.29) is 0 Å². The molecule has 0 spiro atoms. The van der Waals surface area contributed by atoms with Crippen molar-refractivity contribution >= 4 is 11.4 Å². The summed E-state index contributed by atoms with van der Waals surface area (Å²) in [5.41, 5.74) is 8.53. The summed E-state index contributed by atoms with van der Waals surface area (Å²) in [6.07, 6.45) is 3.60.